The highest BCUT2D eigenvalue weighted by molar-refractivity contribution is 7.99. The van der Waals surface area contributed by atoms with E-state index in [0.717, 1.165) is 27.2 Å². The van der Waals surface area contributed by atoms with Crippen LogP contribution in [-0.4, -0.2) is 17.4 Å². The highest BCUT2D eigenvalue weighted by Crippen LogP contribution is 2.31. The monoisotopic (exact) mass is 432 g/mol. The Kier molecular flexibility index (Phi) is 6.36. The number of aromatic nitrogens is 1. The van der Waals surface area contributed by atoms with Gasteiger partial charge >= 0.3 is 0 Å². The number of hydrogen-bond donors (Lipinski definition) is 1. The molecular weight excluding hydrogens is 412 g/mol. The second-order valence-corrected chi connectivity index (χ2v) is 8.61. The van der Waals surface area contributed by atoms with Gasteiger partial charge in [-0.25, -0.2) is 4.98 Å². The number of para-hydroxylation sites is 1. The molecule has 0 spiro atoms. The van der Waals surface area contributed by atoms with Crippen molar-refractivity contribution < 1.29 is 4.79 Å². The fourth-order valence-electron chi connectivity index (χ4n) is 3.21. The Morgan fingerprint density at radius 3 is 2.60 bits per heavy atom. The summed E-state index contributed by atoms with van der Waals surface area (Å²) in [6, 6.07) is 25.6. The van der Waals surface area contributed by atoms with Crippen molar-refractivity contribution in [2.75, 3.05) is 6.54 Å². The first-order valence-electron chi connectivity index (χ1n) is 9.75. The fourth-order valence-corrected chi connectivity index (χ4v) is 4.36. The van der Waals surface area contributed by atoms with E-state index < -0.39 is 0 Å². The van der Waals surface area contributed by atoms with Crippen LogP contribution in [0.2, 0.25) is 5.02 Å². The van der Waals surface area contributed by atoms with Crippen LogP contribution in [0.1, 0.15) is 21.5 Å². The van der Waals surface area contributed by atoms with E-state index in [1.165, 1.54) is 22.9 Å². The predicted octanol–water partition coefficient (Wildman–Crippen LogP) is 6.32. The molecule has 0 aliphatic carbocycles. The maximum Gasteiger partial charge on any atom is 0.252 e. The zero-order valence-electron chi connectivity index (χ0n) is 16.6. The first kappa shape index (κ1) is 20.5. The quantitative estimate of drug-likeness (QED) is 0.387. The number of carbonyl (C=O) groups excluding carboxylic acids is 1. The van der Waals surface area contributed by atoms with E-state index >= 15 is 0 Å². The Bertz CT molecular complexity index is 1190. The van der Waals surface area contributed by atoms with Gasteiger partial charge in [0.15, 0.2) is 0 Å². The molecule has 4 aromatic rings. The lowest BCUT2D eigenvalue weighted by Crippen LogP contribution is -2.26. The Morgan fingerprint density at radius 2 is 1.80 bits per heavy atom. The average molecular weight is 433 g/mol. The molecule has 150 valence electrons. The fraction of sp³-hybridized carbons (Fsp3) is 0.120. The maximum atomic E-state index is 13.0. The van der Waals surface area contributed by atoms with E-state index in [-0.39, 0.29) is 5.91 Å². The molecule has 0 fully saturated rings. The number of rotatable bonds is 6. The SMILES string of the molecule is Cc1ccc(CCNC(=O)c2cc(Sc3cccc(Cl)c3)nc3ccccc23)cc1. The summed E-state index contributed by atoms with van der Waals surface area (Å²) in [7, 11) is 0. The van der Waals surface area contributed by atoms with Crippen molar-refractivity contribution in [2.45, 2.75) is 23.3 Å². The third-order valence-electron chi connectivity index (χ3n) is 4.78. The highest BCUT2D eigenvalue weighted by atomic mass is 35.5. The lowest BCUT2D eigenvalue weighted by Gasteiger charge is -2.11. The first-order chi connectivity index (χ1) is 14.6. The Balaban J connectivity index is 1.55. The van der Waals surface area contributed by atoms with Crippen LogP contribution in [-0.2, 0) is 6.42 Å². The largest absolute Gasteiger partial charge is 0.352 e. The van der Waals surface area contributed by atoms with Gasteiger partial charge in [0.2, 0.25) is 0 Å². The van der Waals surface area contributed by atoms with Gasteiger partial charge in [-0.2, -0.15) is 0 Å². The van der Waals surface area contributed by atoms with E-state index in [1.54, 1.807) is 0 Å². The molecule has 3 aromatic carbocycles. The summed E-state index contributed by atoms with van der Waals surface area (Å²) in [4.78, 5) is 18.7. The second kappa shape index (κ2) is 9.33. The minimum atomic E-state index is -0.0892. The molecule has 30 heavy (non-hydrogen) atoms. The number of fused-ring (bicyclic) bond motifs is 1. The third kappa shape index (κ3) is 5.02. The molecule has 0 aliphatic rings. The molecule has 0 bridgehead atoms. The molecule has 3 nitrogen and oxygen atoms in total. The number of hydrogen-bond acceptors (Lipinski definition) is 3. The van der Waals surface area contributed by atoms with Gasteiger partial charge in [0, 0.05) is 21.8 Å². The normalized spacial score (nSPS) is 10.9. The number of carbonyl (C=O) groups is 1. The molecule has 1 amide bonds. The molecular formula is C25H21ClN2OS. The van der Waals surface area contributed by atoms with Crippen molar-refractivity contribution >= 4 is 40.2 Å². The summed E-state index contributed by atoms with van der Waals surface area (Å²) in [5.74, 6) is -0.0892. The standard InChI is InChI=1S/C25H21ClN2OS/c1-17-9-11-18(12-10-17)13-14-27-25(29)22-16-24(28-23-8-3-2-7-21(22)23)30-20-6-4-5-19(26)15-20/h2-12,15-16H,13-14H2,1H3,(H,27,29). The molecule has 0 atom stereocenters. The topological polar surface area (TPSA) is 42.0 Å². The van der Waals surface area contributed by atoms with Crippen LogP contribution in [0.15, 0.2) is 88.8 Å². The van der Waals surface area contributed by atoms with E-state index in [1.807, 2.05) is 54.6 Å². The van der Waals surface area contributed by atoms with Crippen molar-refractivity contribution in [3.63, 3.8) is 0 Å². The minimum Gasteiger partial charge on any atom is -0.352 e. The molecule has 1 aromatic heterocycles. The molecule has 0 unspecified atom stereocenters. The van der Waals surface area contributed by atoms with E-state index in [4.69, 9.17) is 16.6 Å². The Labute approximate surface area is 185 Å². The minimum absolute atomic E-state index is 0.0892. The van der Waals surface area contributed by atoms with Crippen molar-refractivity contribution in [3.8, 4) is 0 Å². The van der Waals surface area contributed by atoms with E-state index in [2.05, 4.69) is 36.5 Å². The molecule has 0 radical (unpaired) electrons. The molecule has 1 N–H and O–H groups in total. The van der Waals surface area contributed by atoms with Gasteiger partial charge in [0.25, 0.3) is 5.91 Å². The summed E-state index contributed by atoms with van der Waals surface area (Å²) in [5, 5.41) is 5.34. The van der Waals surface area contributed by atoms with Crippen LogP contribution in [0.3, 0.4) is 0 Å². The van der Waals surface area contributed by atoms with Gasteiger partial charge in [-0.05, 0) is 49.2 Å². The van der Waals surface area contributed by atoms with Crippen LogP contribution in [0.25, 0.3) is 10.9 Å². The highest BCUT2D eigenvalue weighted by Gasteiger charge is 2.13. The lowest BCUT2D eigenvalue weighted by molar-refractivity contribution is 0.0955. The number of halogens is 1. The second-order valence-electron chi connectivity index (χ2n) is 7.08. The Morgan fingerprint density at radius 1 is 1.00 bits per heavy atom. The van der Waals surface area contributed by atoms with Gasteiger partial charge in [0.05, 0.1) is 11.1 Å². The first-order valence-corrected chi connectivity index (χ1v) is 10.9. The predicted molar refractivity (Wildman–Crippen MR) is 125 cm³/mol. The summed E-state index contributed by atoms with van der Waals surface area (Å²) in [6.07, 6.45) is 0.791. The van der Waals surface area contributed by atoms with E-state index in [0.29, 0.717) is 17.1 Å². The summed E-state index contributed by atoms with van der Waals surface area (Å²) in [6.45, 7) is 2.65. The third-order valence-corrected chi connectivity index (χ3v) is 5.92. The molecule has 0 saturated carbocycles. The van der Waals surface area contributed by atoms with Crippen LogP contribution < -0.4 is 5.32 Å². The van der Waals surface area contributed by atoms with Crippen LogP contribution >= 0.6 is 23.4 Å². The smallest absolute Gasteiger partial charge is 0.252 e. The number of amides is 1. The van der Waals surface area contributed by atoms with Gasteiger partial charge in [0.1, 0.15) is 5.03 Å². The van der Waals surface area contributed by atoms with Crippen molar-refractivity contribution in [3.05, 3.63) is 101 Å². The van der Waals surface area contributed by atoms with Crippen LogP contribution in [0, 0.1) is 6.92 Å². The van der Waals surface area contributed by atoms with Gasteiger partial charge < -0.3 is 5.32 Å². The maximum absolute atomic E-state index is 13.0. The number of nitrogens with one attached hydrogen (secondary N) is 1. The van der Waals surface area contributed by atoms with Gasteiger partial charge in [-0.1, -0.05) is 77.5 Å². The van der Waals surface area contributed by atoms with Gasteiger partial charge in [-0.3, -0.25) is 4.79 Å². The van der Waals surface area contributed by atoms with Crippen molar-refractivity contribution in [2.24, 2.45) is 0 Å². The number of nitrogens with zero attached hydrogens (tertiary/aromatic N) is 1. The molecule has 4 rings (SSSR count). The number of benzene rings is 3. The number of pyridine rings is 1. The zero-order chi connectivity index (χ0) is 20.9. The summed E-state index contributed by atoms with van der Waals surface area (Å²) >= 11 is 7.60. The molecule has 5 heteroatoms. The van der Waals surface area contributed by atoms with Crippen LogP contribution in [0.5, 0.6) is 0 Å². The van der Waals surface area contributed by atoms with Crippen molar-refractivity contribution in [1.82, 2.24) is 10.3 Å². The van der Waals surface area contributed by atoms with E-state index in [9.17, 15) is 4.79 Å². The molecule has 1 heterocycles. The molecule has 0 saturated heterocycles. The Hall–Kier alpha value is -2.82. The summed E-state index contributed by atoms with van der Waals surface area (Å²) < 4.78 is 0. The van der Waals surface area contributed by atoms with Crippen LogP contribution in [0.4, 0.5) is 0 Å². The molecule has 0 aliphatic heterocycles. The summed E-state index contributed by atoms with van der Waals surface area (Å²) in [5.41, 5.74) is 3.87. The van der Waals surface area contributed by atoms with Crippen molar-refractivity contribution in [1.29, 1.82) is 0 Å². The zero-order valence-corrected chi connectivity index (χ0v) is 18.1. The lowest BCUT2D eigenvalue weighted by atomic mass is 10.1. The average Bonchev–Trinajstić information content (AvgIpc) is 2.74. The number of aryl methyl sites for hydroxylation is 1. The van der Waals surface area contributed by atoms with Gasteiger partial charge in [-0.15, -0.1) is 0 Å².